The van der Waals surface area contributed by atoms with Gasteiger partial charge in [0.2, 0.25) is 10.0 Å². The van der Waals surface area contributed by atoms with Gasteiger partial charge in [-0.25, -0.2) is 8.42 Å². The molecule has 0 amide bonds. The van der Waals surface area contributed by atoms with Crippen LogP contribution in [0.1, 0.15) is 52.1 Å². The largest absolute Gasteiger partial charge is 0.295 e. The van der Waals surface area contributed by atoms with Crippen LogP contribution in [-0.2, 0) is 10.0 Å². The molecule has 0 aliphatic carbocycles. The summed E-state index contributed by atoms with van der Waals surface area (Å²) < 4.78 is 27.2. The third kappa shape index (κ3) is 4.80. The van der Waals surface area contributed by atoms with Crippen molar-refractivity contribution >= 4 is 10.0 Å². The van der Waals surface area contributed by atoms with E-state index in [1.807, 2.05) is 13.0 Å². The first kappa shape index (κ1) is 19.4. The molecule has 2 rings (SSSR count). The van der Waals surface area contributed by atoms with Gasteiger partial charge in [-0.05, 0) is 31.2 Å². The maximum absolute atomic E-state index is 12.7. The van der Waals surface area contributed by atoms with Gasteiger partial charge in [-0.3, -0.25) is 4.90 Å². The van der Waals surface area contributed by atoms with Gasteiger partial charge in [0.05, 0.1) is 5.75 Å². The molecule has 1 aromatic carbocycles. The summed E-state index contributed by atoms with van der Waals surface area (Å²) in [4.78, 5) is 2.40. The highest BCUT2D eigenvalue weighted by molar-refractivity contribution is 7.89. The van der Waals surface area contributed by atoms with Gasteiger partial charge < -0.3 is 0 Å². The monoisotopic (exact) mass is 352 g/mol. The molecule has 4 nitrogen and oxygen atoms in total. The van der Waals surface area contributed by atoms with E-state index in [1.54, 1.807) is 4.31 Å². The first-order valence-corrected chi connectivity index (χ1v) is 10.7. The molecule has 0 N–H and O–H groups in total. The summed E-state index contributed by atoms with van der Waals surface area (Å²) in [6.07, 6.45) is 1.65. The first-order valence-electron chi connectivity index (χ1n) is 9.13. The van der Waals surface area contributed by atoms with E-state index in [0.717, 1.165) is 25.9 Å². The number of benzene rings is 1. The molecule has 1 aliphatic rings. The lowest BCUT2D eigenvalue weighted by Gasteiger charge is -2.29. The average Bonchev–Trinajstić information content (AvgIpc) is 3.03. The van der Waals surface area contributed by atoms with Crippen molar-refractivity contribution < 1.29 is 8.42 Å². The van der Waals surface area contributed by atoms with E-state index in [2.05, 4.69) is 49.9 Å². The molecule has 2 atom stereocenters. The lowest BCUT2D eigenvalue weighted by Crippen LogP contribution is -2.43. The van der Waals surface area contributed by atoms with Crippen LogP contribution in [0.25, 0.3) is 0 Å². The Bertz CT molecular complexity index is 601. The number of hydrogen-bond acceptors (Lipinski definition) is 3. The molecule has 0 spiro atoms. The minimum absolute atomic E-state index is 0.110. The van der Waals surface area contributed by atoms with Crippen molar-refractivity contribution in [2.75, 3.05) is 25.4 Å². The van der Waals surface area contributed by atoms with Crippen LogP contribution in [0.15, 0.2) is 30.3 Å². The summed E-state index contributed by atoms with van der Waals surface area (Å²) in [5.74, 6) is 0.681. The van der Waals surface area contributed by atoms with Crippen LogP contribution in [-0.4, -0.2) is 49.1 Å². The second-order valence-electron chi connectivity index (χ2n) is 7.23. The van der Waals surface area contributed by atoms with Crippen LogP contribution in [0.3, 0.4) is 0 Å². The highest BCUT2D eigenvalue weighted by Crippen LogP contribution is 2.28. The number of hydrogen-bond donors (Lipinski definition) is 0. The summed E-state index contributed by atoms with van der Waals surface area (Å²) in [6.45, 7) is 10.7. The van der Waals surface area contributed by atoms with Crippen molar-refractivity contribution in [1.82, 2.24) is 9.21 Å². The Kier molecular flexibility index (Phi) is 6.84. The second-order valence-corrected chi connectivity index (χ2v) is 9.27. The first-order chi connectivity index (χ1) is 11.3. The number of rotatable bonds is 8. The van der Waals surface area contributed by atoms with Gasteiger partial charge in [-0.2, -0.15) is 4.31 Å². The Labute approximate surface area is 147 Å². The highest BCUT2D eigenvalue weighted by Gasteiger charge is 2.35. The van der Waals surface area contributed by atoms with Crippen LogP contribution in [0.5, 0.6) is 0 Å². The van der Waals surface area contributed by atoms with E-state index in [1.165, 1.54) is 5.56 Å². The van der Waals surface area contributed by atoms with Crippen molar-refractivity contribution in [3.63, 3.8) is 0 Å². The van der Waals surface area contributed by atoms with Gasteiger partial charge in [-0.15, -0.1) is 0 Å². The molecule has 0 aromatic heterocycles. The Hall–Kier alpha value is -0.910. The lowest BCUT2D eigenvalue weighted by atomic mass is 10.1. The van der Waals surface area contributed by atoms with Crippen molar-refractivity contribution in [3.8, 4) is 0 Å². The van der Waals surface area contributed by atoms with Gasteiger partial charge in [0.25, 0.3) is 0 Å². The summed E-state index contributed by atoms with van der Waals surface area (Å²) >= 11 is 0. The van der Waals surface area contributed by atoms with Gasteiger partial charge in [0, 0.05) is 31.7 Å². The Morgan fingerprint density at radius 1 is 1.21 bits per heavy atom. The van der Waals surface area contributed by atoms with Crippen molar-refractivity contribution in [2.24, 2.45) is 5.92 Å². The second kappa shape index (κ2) is 8.45. The van der Waals surface area contributed by atoms with Gasteiger partial charge in [0.1, 0.15) is 0 Å². The Morgan fingerprint density at radius 2 is 1.88 bits per heavy atom. The van der Waals surface area contributed by atoms with E-state index >= 15 is 0 Å². The molecule has 2 unspecified atom stereocenters. The smallest absolute Gasteiger partial charge is 0.214 e. The maximum atomic E-state index is 12.7. The van der Waals surface area contributed by atoms with Gasteiger partial charge in [-0.1, -0.05) is 51.1 Å². The Balaban J connectivity index is 2.02. The zero-order valence-electron chi connectivity index (χ0n) is 15.5. The summed E-state index contributed by atoms with van der Waals surface area (Å²) in [5.41, 5.74) is 1.30. The van der Waals surface area contributed by atoms with E-state index in [9.17, 15) is 8.42 Å². The van der Waals surface area contributed by atoms with E-state index in [4.69, 9.17) is 0 Å². The van der Waals surface area contributed by atoms with Crippen molar-refractivity contribution in [2.45, 2.75) is 52.6 Å². The molecule has 0 saturated carbocycles. The molecular weight excluding hydrogens is 320 g/mol. The number of nitrogens with zero attached hydrogens (tertiary/aromatic N) is 2. The molecule has 0 bridgehead atoms. The molecule has 1 fully saturated rings. The fourth-order valence-electron chi connectivity index (χ4n) is 3.48. The summed E-state index contributed by atoms with van der Waals surface area (Å²) in [6, 6.07) is 10.9. The minimum atomic E-state index is -3.16. The molecule has 0 radical (unpaired) electrons. The Morgan fingerprint density at radius 3 is 2.46 bits per heavy atom. The fourth-order valence-corrected chi connectivity index (χ4v) is 5.50. The van der Waals surface area contributed by atoms with Gasteiger partial charge in [0.15, 0.2) is 0 Å². The van der Waals surface area contributed by atoms with Crippen molar-refractivity contribution in [3.05, 3.63) is 35.9 Å². The molecule has 1 heterocycles. The SMILES string of the molecule is CCN(C1CCN(C(C)c2ccccc2)C1)S(=O)(=O)CCC(C)C. The topological polar surface area (TPSA) is 40.6 Å². The number of likely N-dealkylation sites (N-methyl/N-ethyl adjacent to an activating group) is 1. The fraction of sp³-hybridized carbons (Fsp3) is 0.684. The molecular formula is C19H32N2O2S. The summed E-state index contributed by atoms with van der Waals surface area (Å²) in [5, 5.41) is 0. The predicted octanol–water partition coefficient (Wildman–Crippen LogP) is 3.52. The molecule has 1 aliphatic heterocycles. The van der Waals surface area contributed by atoms with E-state index < -0.39 is 10.0 Å². The number of likely N-dealkylation sites (tertiary alicyclic amines) is 1. The zero-order valence-corrected chi connectivity index (χ0v) is 16.3. The van der Waals surface area contributed by atoms with Crippen LogP contribution < -0.4 is 0 Å². The average molecular weight is 353 g/mol. The highest BCUT2D eigenvalue weighted by atomic mass is 32.2. The number of sulfonamides is 1. The molecule has 1 saturated heterocycles. The predicted molar refractivity (Wildman–Crippen MR) is 100 cm³/mol. The van der Waals surface area contributed by atoms with Crippen molar-refractivity contribution in [1.29, 1.82) is 0 Å². The molecule has 1 aromatic rings. The normalized spacial score (nSPS) is 20.8. The van der Waals surface area contributed by atoms with E-state index in [0.29, 0.717) is 18.5 Å². The maximum Gasteiger partial charge on any atom is 0.214 e. The molecule has 5 heteroatoms. The van der Waals surface area contributed by atoms with Crippen LogP contribution >= 0.6 is 0 Å². The third-order valence-electron chi connectivity index (χ3n) is 5.05. The molecule has 136 valence electrons. The lowest BCUT2D eigenvalue weighted by molar-refractivity contribution is 0.239. The van der Waals surface area contributed by atoms with Gasteiger partial charge >= 0.3 is 0 Å². The minimum Gasteiger partial charge on any atom is -0.295 e. The van der Waals surface area contributed by atoms with E-state index in [-0.39, 0.29) is 11.8 Å². The third-order valence-corrected chi connectivity index (χ3v) is 7.08. The van der Waals surface area contributed by atoms with Crippen LogP contribution in [0.4, 0.5) is 0 Å². The summed E-state index contributed by atoms with van der Waals surface area (Å²) in [7, 11) is -3.16. The standard InChI is InChI=1S/C19H32N2O2S/c1-5-21(24(22,23)14-12-16(2)3)19-11-13-20(15-19)17(4)18-9-7-6-8-10-18/h6-10,16-17,19H,5,11-15H2,1-4H3. The zero-order chi connectivity index (χ0) is 17.7. The van der Waals surface area contributed by atoms with Crippen LogP contribution in [0.2, 0.25) is 0 Å². The quantitative estimate of drug-likeness (QED) is 0.719. The molecule has 24 heavy (non-hydrogen) atoms. The van der Waals surface area contributed by atoms with Crippen LogP contribution in [0, 0.1) is 5.92 Å².